The molecule has 0 saturated carbocycles. The third-order valence-corrected chi connectivity index (χ3v) is 3.77. The van der Waals surface area contributed by atoms with Gasteiger partial charge in [-0.3, -0.25) is 0 Å². The summed E-state index contributed by atoms with van der Waals surface area (Å²) in [5.41, 5.74) is 2.84. The Bertz CT molecular complexity index is 431. The van der Waals surface area contributed by atoms with Gasteiger partial charge in [-0.2, -0.15) is 0 Å². The van der Waals surface area contributed by atoms with Gasteiger partial charge in [-0.25, -0.2) is 0 Å². The number of aryl methyl sites for hydroxylation is 1. The quantitative estimate of drug-likeness (QED) is 0.583. The van der Waals surface area contributed by atoms with E-state index < -0.39 is 0 Å². The van der Waals surface area contributed by atoms with Gasteiger partial charge < -0.3 is 14.8 Å². The number of ether oxygens (including phenoxy) is 2. The Labute approximate surface area is 122 Å². The molecule has 0 fully saturated rings. The second kappa shape index (κ2) is 8.08. The Morgan fingerprint density at radius 2 is 2.30 bits per heavy atom. The predicted molar refractivity (Wildman–Crippen MR) is 82.3 cm³/mol. The standard InChI is InChI=1S/C17H25NO2/c1-3-4-11-20-12-10-18-17-7-5-6-14-13-15(19-2)8-9-16(14)17/h3,8-9,13,17-18H,1,4-7,10-12H2,2H3. The van der Waals surface area contributed by atoms with Gasteiger partial charge in [0, 0.05) is 12.6 Å². The first-order valence-electron chi connectivity index (χ1n) is 7.44. The Hall–Kier alpha value is -1.32. The molecule has 1 atom stereocenters. The first-order valence-corrected chi connectivity index (χ1v) is 7.44. The van der Waals surface area contributed by atoms with E-state index in [4.69, 9.17) is 9.47 Å². The van der Waals surface area contributed by atoms with Crippen LogP contribution >= 0.6 is 0 Å². The molecule has 0 spiro atoms. The van der Waals surface area contributed by atoms with E-state index in [-0.39, 0.29) is 0 Å². The lowest BCUT2D eigenvalue weighted by Crippen LogP contribution is -2.28. The Morgan fingerprint density at radius 1 is 1.40 bits per heavy atom. The van der Waals surface area contributed by atoms with Crippen LogP contribution in [0.1, 0.15) is 36.4 Å². The van der Waals surface area contributed by atoms with E-state index in [2.05, 4.69) is 30.1 Å². The second-order valence-corrected chi connectivity index (χ2v) is 5.15. The highest BCUT2D eigenvalue weighted by molar-refractivity contribution is 5.39. The van der Waals surface area contributed by atoms with Crippen molar-refractivity contribution in [2.24, 2.45) is 0 Å². The fourth-order valence-electron chi connectivity index (χ4n) is 2.70. The fraction of sp³-hybridized carbons (Fsp3) is 0.529. The molecular formula is C17H25NO2. The van der Waals surface area contributed by atoms with Crippen LogP contribution in [0, 0.1) is 0 Å². The molecule has 3 heteroatoms. The van der Waals surface area contributed by atoms with Crippen molar-refractivity contribution in [1.82, 2.24) is 5.32 Å². The van der Waals surface area contributed by atoms with E-state index in [1.165, 1.54) is 24.0 Å². The molecule has 1 aromatic rings. The molecule has 2 rings (SSSR count). The summed E-state index contributed by atoms with van der Waals surface area (Å²) in [5.74, 6) is 0.956. The van der Waals surface area contributed by atoms with E-state index in [0.717, 1.165) is 38.3 Å². The van der Waals surface area contributed by atoms with Crippen LogP contribution in [0.3, 0.4) is 0 Å². The number of methoxy groups -OCH3 is 1. The van der Waals surface area contributed by atoms with Crippen LogP contribution in [-0.4, -0.2) is 26.9 Å². The number of hydrogen-bond donors (Lipinski definition) is 1. The molecule has 0 aliphatic heterocycles. The van der Waals surface area contributed by atoms with Crippen molar-refractivity contribution in [3.8, 4) is 5.75 Å². The van der Waals surface area contributed by atoms with Crippen LogP contribution in [0.5, 0.6) is 5.75 Å². The minimum Gasteiger partial charge on any atom is -0.497 e. The molecule has 0 amide bonds. The highest BCUT2D eigenvalue weighted by atomic mass is 16.5. The molecule has 1 aromatic carbocycles. The number of benzene rings is 1. The van der Waals surface area contributed by atoms with Gasteiger partial charge in [-0.05, 0) is 48.9 Å². The van der Waals surface area contributed by atoms with Crippen LogP contribution in [0.2, 0.25) is 0 Å². The van der Waals surface area contributed by atoms with E-state index in [9.17, 15) is 0 Å². The summed E-state index contributed by atoms with van der Waals surface area (Å²) in [6, 6.07) is 6.87. The lowest BCUT2D eigenvalue weighted by Gasteiger charge is -2.27. The first kappa shape index (κ1) is 15.1. The number of hydrogen-bond acceptors (Lipinski definition) is 3. The zero-order chi connectivity index (χ0) is 14.2. The summed E-state index contributed by atoms with van der Waals surface area (Å²) in [4.78, 5) is 0. The fourth-order valence-corrected chi connectivity index (χ4v) is 2.70. The smallest absolute Gasteiger partial charge is 0.119 e. The van der Waals surface area contributed by atoms with Crippen LogP contribution in [0.15, 0.2) is 30.9 Å². The van der Waals surface area contributed by atoms with Gasteiger partial charge in [0.1, 0.15) is 5.75 Å². The van der Waals surface area contributed by atoms with Crippen molar-refractivity contribution < 1.29 is 9.47 Å². The van der Waals surface area contributed by atoms with E-state index in [0.29, 0.717) is 6.04 Å². The van der Waals surface area contributed by atoms with Gasteiger partial charge in [0.15, 0.2) is 0 Å². The number of rotatable bonds is 8. The van der Waals surface area contributed by atoms with Crippen molar-refractivity contribution in [1.29, 1.82) is 0 Å². The van der Waals surface area contributed by atoms with Crippen molar-refractivity contribution >= 4 is 0 Å². The third-order valence-electron chi connectivity index (χ3n) is 3.77. The Kier molecular flexibility index (Phi) is 6.09. The number of fused-ring (bicyclic) bond motifs is 1. The summed E-state index contributed by atoms with van der Waals surface area (Å²) in [5, 5.41) is 3.60. The highest BCUT2D eigenvalue weighted by Gasteiger charge is 2.19. The van der Waals surface area contributed by atoms with Gasteiger partial charge in [0.25, 0.3) is 0 Å². The van der Waals surface area contributed by atoms with Crippen molar-refractivity contribution in [2.75, 3.05) is 26.9 Å². The van der Waals surface area contributed by atoms with Gasteiger partial charge in [0.05, 0.1) is 20.3 Å². The van der Waals surface area contributed by atoms with Crippen LogP contribution in [-0.2, 0) is 11.2 Å². The Balaban J connectivity index is 1.84. The third kappa shape index (κ3) is 4.09. The summed E-state index contributed by atoms with van der Waals surface area (Å²) in [6.07, 6.45) is 6.39. The monoisotopic (exact) mass is 275 g/mol. The topological polar surface area (TPSA) is 30.5 Å². The average molecular weight is 275 g/mol. The molecule has 0 heterocycles. The molecule has 0 saturated heterocycles. The largest absolute Gasteiger partial charge is 0.497 e. The summed E-state index contributed by atoms with van der Waals surface area (Å²) in [7, 11) is 1.72. The van der Waals surface area contributed by atoms with Crippen molar-refractivity contribution in [2.45, 2.75) is 31.7 Å². The van der Waals surface area contributed by atoms with Crippen molar-refractivity contribution in [3.05, 3.63) is 42.0 Å². The average Bonchev–Trinajstić information content (AvgIpc) is 2.50. The normalized spacial score (nSPS) is 17.6. The first-order chi connectivity index (χ1) is 9.85. The summed E-state index contributed by atoms with van der Waals surface area (Å²) >= 11 is 0. The van der Waals surface area contributed by atoms with Crippen LogP contribution in [0.25, 0.3) is 0 Å². The molecular weight excluding hydrogens is 250 g/mol. The SMILES string of the molecule is C=CCCOCCNC1CCCc2cc(OC)ccc21. The van der Waals surface area contributed by atoms with E-state index in [1.54, 1.807) is 7.11 Å². The zero-order valence-electron chi connectivity index (χ0n) is 12.4. The summed E-state index contributed by atoms with van der Waals surface area (Å²) < 4.78 is 10.8. The maximum absolute atomic E-state index is 5.54. The highest BCUT2D eigenvalue weighted by Crippen LogP contribution is 2.31. The van der Waals surface area contributed by atoms with Gasteiger partial charge in [-0.15, -0.1) is 6.58 Å². The van der Waals surface area contributed by atoms with E-state index >= 15 is 0 Å². The molecule has 0 aromatic heterocycles. The molecule has 20 heavy (non-hydrogen) atoms. The van der Waals surface area contributed by atoms with Crippen molar-refractivity contribution in [3.63, 3.8) is 0 Å². The van der Waals surface area contributed by atoms with Crippen LogP contribution in [0.4, 0.5) is 0 Å². The lowest BCUT2D eigenvalue weighted by atomic mass is 9.87. The lowest BCUT2D eigenvalue weighted by molar-refractivity contribution is 0.137. The molecule has 110 valence electrons. The molecule has 1 aliphatic carbocycles. The minimum atomic E-state index is 0.452. The molecule has 1 aliphatic rings. The number of nitrogens with one attached hydrogen (secondary N) is 1. The zero-order valence-corrected chi connectivity index (χ0v) is 12.4. The molecule has 0 bridgehead atoms. The molecule has 1 unspecified atom stereocenters. The minimum absolute atomic E-state index is 0.452. The Morgan fingerprint density at radius 3 is 3.10 bits per heavy atom. The molecule has 0 radical (unpaired) electrons. The summed E-state index contributed by atoms with van der Waals surface area (Å²) in [6.45, 7) is 6.11. The van der Waals surface area contributed by atoms with Gasteiger partial charge in [0.2, 0.25) is 0 Å². The molecule has 1 N–H and O–H groups in total. The van der Waals surface area contributed by atoms with E-state index in [1.807, 2.05) is 6.08 Å². The maximum atomic E-state index is 5.54. The predicted octanol–water partition coefficient (Wildman–Crippen LogP) is 3.25. The second-order valence-electron chi connectivity index (χ2n) is 5.15. The van der Waals surface area contributed by atoms with Gasteiger partial charge >= 0.3 is 0 Å². The molecule has 3 nitrogen and oxygen atoms in total. The van der Waals surface area contributed by atoms with Crippen LogP contribution < -0.4 is 10.1 Å². The van der Waals surface area contributed by atoms with Gasteiger partial charge in [-0.1, -0.05) is 12.1 Å². The maximum Gasteiger partial charge on any atom is 0.119 e.